The highest BCUT2D eigenvalue weighted by Crippen LogP contribution is 2.13. The lowest BCUT2D eigenvalue weighted by molar-refractivity contribution is 0.101. The maximum Gasteiger partial charge on any atom is 0.162 e. The van der Waals surface area contributed by atoms with Crippen LogP contribution in [0.25, 0.3) is 5.69 Å². The largest absolute Gasteiger partial charge is 0.294 e. The van der Waals surface area contributed by atoms with E-state index in [1.54, 1.807) is 24.0 Å². The lowest BCUT2D eigenvalue weighted by Gasteiger charge is -2.03. The topological polar surface area (TPSA) is 34.9 Å². The number of aryl methyl sites for hydroxylation is 1. The van der Waals surface area contributed by atoms with Crippen LogP contribution in [0.5, 0.6) is 0 Å². The molecule has 3 heteroatoms. The molecule has 0 bridgehead atoms. The van der Waals surface area contributed by atoms with E-state index in [9.17, 15) is 4.79 Å². The van der Waals surface area contributed by atoms with E-state index in [0.29, 0.717) is 5.56 Å². The van der Waals surface area contributed by atoms with Crippen molar-refractivity contribution >= 4 is 5.78 Å². The molecule has 0 saturated heterocycles. The number of nitrogens with zero attached hydrogens (tertiary/aromatic N) is 2. The highest BCUT2D eigenvalue weighted by molar-refractivity contribution is 5.93. The van der Waals surface area contributed by atoms with Crippen LogP contribution in [0, 0.1) is 6.92 Å². The minimum absolute atomic E-state index is 0.0369. The predicted molar refractivity (Wildman–Crippen MR) is 58.3 cm³/mol. The van der Waals surface area contributed by atoms with Gasteiger partial charge in [-0.15, -0.1) is 0 Å². The van der Waals surface area contributed by atoms with Crippen LogP contribution in [0.15, 0.2) is 36.7 Å². The number of carbonyl (C=O) groups is 1. The van der Waals surface area contributed by atoms with E-state index in [2.05, 4.69) is 5.10 Å². The summed E-state index contributed by atoms with van der Waals surface area (Å²) in [4.78, 5) is 11.1. The third-order valence-electron chi connectivity index (χ3n) is 2.35. The minimum Gasteiger partial charge on any atom is -0.294 e. The predicted octanol–water partition coefficient (Wildman–Crippen LogP) is 2.38. The average Bonchev–Trinajstić information content (AvgIpc) is 2.67. The van der Waals surface area contributed by atoms with Crippen LogP contribution >= 0.6 is 0 Å². The summed E-state index contributed by atoms with van der Waals surface area (Å²) in [6.45, 7) is 3.56. The van der Waals surface area contributed by atoms with Crippen LogP contribution in [0.3, 0.4) is 0 Å². The van der Waals surface area contributed by atoms with Crippen molar-refractivity contribution in [2.75, 3.05) is 0 Å². The second-order valence-electron chi connectivity index (χ2n) is 3.52. The molecule has 0 unspecified atom stereocenters. The minimum atomic E-state index is 0.0369. The van der Waals surface area contributed by atoms with E-state index in [-0.39, 0.29) is 5.78 Å². The molecule has 1 aromatic heterocycles. The zero-order chi connectivity index (χ0) is 10.8. The number of ketones is 1. The summed E-state index contributed by atoms with van der Waals surface area (Å²) in [6.07, 6.45) is 3.35. The van der Waals surface area contributed by atoms with Crippen LogP contribution in [0.2, 0.25) is 0 Å². The van der Waals surface area contributed by atoms with Gasteiger partial charge in [0.05, 0.1) is 17.4 Å². The van der Waals surface area contributed by atoms with Crippen molar-refractivity contribution in [2.24, 2.45) is 0 Å². The van der Waals surface area contributed by atoms with Gasteiger partial charge in [-0.05, 0) is 25.5 Å². The summed E-state index contributed by atoms with van der Waals surface area (Å²) in [5.74, 6) is 0.0369. The molecule has 0 fully saturated rings. The summed E-state index contributed by atoms with van der Waals surface area (Å²) in [5.41, 5.74) is 2.78. The number of hydrogen-bond donors (Lipinski definition) is 0. The summed E-state index contributed by atoms with van der Waals surface area (Å²) in [6, 6.07) is 7.93. The molecule has 0 N–H and O–H groups in total. The van der Waals surface area contributed by atoms with E-state index in [0.717, 1.165) is 11.3 Å². The van der Waals surface area contributed by atoms with Gasteiger partial charge in [0, 0.05) is 6.20 Å². The van der Waals surface area contributed by atoms with Gasteiger partial charge in [-0.2, -0.15) is 5.10 Å². The fraction of sp³-hybridized carbons (Fsp3) is 0.167. The smallest absolute Gasteiger partial charge is 0.162 e. The van der Waals surface area contributed by atoms with Gasteiger partial charge in [-0.3, -0.25) is 4.79 Å². The molecule has 1 heterocycles. The molecule has 0 aliphatic heterocycles. The molecule has 0 aliphatic rings. The molecule has 2 rings (SSSR count). The van der Waals surface area contributed by atoms with Gasteiger partial charge < -0.3 is 0 Å². The molecule has 0 amide bonds. The number of aromatic nitrogens is 2. The molecule has 0 atom stereocenters. The van der Waals surface area contributed by atoms with Crippen molar-refractivity contribution in [3.05, 3.63) is 47.8 Å². The molecule has 0 saturated carbocycles. The van der Waals surface area contributed by atoms with Crippen molar-refractivity contribution in [1.82, 2.24) is 9.78 Å². The van der Waals surface area contributed by atoms with Crippen LogP contribution in [0.4, 0.5) is 0 Å². The number of rotatable bonds is 2. The Morgan fingerprint density at radius 3 is 2.67 bits per heavy atom. The number of Topliss-reactive ketones (excluding diaryl/α,β-unsaturated/α-hetero) is 1. The highest BCUT2D eigenvalue weighted by Gasteiger charge is 2.05. The van der Waals surface area contributed by atoms with Crippen LogP contribution in [0.1, 0.15) is 22.8 Å². The molecular weight excluding hydrogens is 188 g/mol. The molecule has 2 aromatic rings. The van der Waals surface area contributed by atoms with Crippen molar-refractivity contribution in [1.29, 1.82) is 0 Å². The zero-order valence-electron chi connectivity index (χ0n) is 8.77. The van der Waals surface area contributed by atoms with Gasteiger partial charge in [-0.25, -0.2) is 4.68 Å². The molecular formula is C12H12N2O. The Labute approximate surface area is 88.4 Å². The monoisotopic (exact) mass is 200 g/mol. The maximum atomic E-state index is 11.1. The number of carbonyl (C=O) groups excluding carboxylic acids is 1. The number of benzene rings is 1. The summed E-state index contributed by atoms with van der Waals surface area (Å²) < 4.78 is 1.73. The van der Waals surface area contributed by atoms with Crippen molar-refractivity contribution in [2.45, 2.75) is 13.8 Å². The van der Waals surface area contributed by atoms with Crippen LogP contribution < -0.4 is 0 Å². The normalized spacial score (nSPS) is 10.3. The van der Waals surface area contributed by atoms with Crippen molar-refractivity contribution in [3.63, 3.8) is 0 Å². The molecule has 0 spiro atoms. The Kier molecular flexibility index (Phi) is 2.37. The first-order chi connectivity index (χ1) is 7.18. The third kappa shape index (κ3) is 1.81. The first-order valence-electron chi connectivity index (χ1n) is 4.80. The Bertz CT molecular complexity index is 500. The maximum absolute atomic E-state index is 11.1. The Balaban J connectivity index is 2.46. The fourth-order valence-corrected chi connectivity index (χ4v) is 1.46. The van der Waals surface area contributed by atoms with Crippen LogP contribution in [-0.4, -0.2) is 15.6 Å². The molecule has 3 nitrogen and oxygen atoms in total. The van der Waals surface area contributed by atoms with E-state index in [4.69, 9.17) is 0 Å². The SMILES string of the molecule is CC(=O)c1cnn(-c2ccccc2C)c1. The first-order valence-corrected chi connectivity index (χ1v) is 4.80. The highest BCUT2D eigenvalue weighted by atomic mass is 16.1. The molecule has 1 aromatic carbocycles. The van der Waals surface area contributed by atoms with Gasteiger partial charge in [0.25, 0.3) is 0 Å². The zero-order valence-corrected chi connectivity index (χ0v) is 8.77. The molecule has 76 valence electrons. The summed E-state index contributed by atoms with van der Waals surface area (Å²) in [5, 5.41) is 4.16. The Hall–Kier alpha value is -1.90. The van der Waals surface area contributed by atoms with Crippen molar-refractivity contribution in [3.8, 4) is 5.69 Å². The van der Waals surface area contributed by atoms with Gasteiger partial charge in [0.1, 0.15) is 0 Å². The second kappa shape index (κ2) is 3.69. The average molecular weight is 200 g/mol. The standard InChI is InChI=1S/C12H12N2O/c1-9-5-3-4-6-12(9)14-8-11(7-13-14)10(2)15/h3-8H,1-2H3. The number of para-hydroxylation sites is 1. The third-order valence-corrected chi connectivity index (χ3v) is 2.35. The van der Waals surface area contributed by atoms with Crippen LogP contribution in [-0.2, 0) is 0 Å². The lowest BCUT2D eigenvalue weighted by atomic mass is 10.2. The molecule has 0 radical (unpaired) electrons. The van der Waals surface area contributed by atoms with E-state index < -0.39 is 0 Å². The molecule has 0 aliphatic carbocycles. The van der Waals surface area contributed by atoms with Crippen molar-refractivity contribution < 1.29 is 4.79 Å². The molecule has 15 heavy (non-hydrogen) atoms. The summed E-state index contributed by atoms with van der Waals surface area (Å²) >= 11 is 0. The van der Waals surface area contributed by atoms with E-state index >= 15 is 0 Å². The lowest BCUT2D eigenvalue weighted by Crippen LogP contribution is -1.96. The van der Waals surface area contributed by atoms with E-state index in [1.165, 1.54) is 0 Å². The second-order valence-corrected chi connectivity index (χ2v) is 3.52. The van der Waals surface area contributed by atoms with E-state index in [1.807, 2.05) is 31.2 Å². The Morgan fingerprint density at radius 1 is 1.33 bits per heavy atom. The summed E-state index contributed by atoms with van der Waals surface area (Å²) in [7, 11) is 0. The first kappa shape index (κ1) is 9.65. The van der Waals surface area contributed by atoms with Gasteiger partial charge in [0.2, 0.25) is 0 Å². The number of hydrogen-bond acceptors (Lipinski definition) is 2. The quantitative estimate of drug-likeness (QED) is 0.697. The Morgan fingerprint density at radius 2 is 2.07 bits per heavy atom. The fourth-order valence-electron chi connectivity index (χ4n) is 1.46. The van der Waals surface area contributed by atoms with Gasteiger partial charge in [-0.1, -0.05) is 18.2 Å². The van der Waals surface area contributed by atoms with Gasteiger partial charge >= 0.3 is 0 Å². The van der Waals surface area contributed by atoms with Gasteiger partial charge in [0.15, 0.2) is 5.78 Å².